The third-order valence-corrected chi connectivity index (χ3v) is 13.1. The molecule has 0 aliphatic carbocycles. The van der Waals surface area contributed by atoms with Gasteiger partial charge in [0.25, 0.3) is 0 Å². The van der Waals surface area contributed by atoms with Crippen molar-refractivity contribution in [2.24, 2.45) is 0 Å². The van der Waals surface area contributed by atoms with Crippen LogP contribution in [0.25, 0.3) is 0 Å². The number of aliphatic hydroxyl groups excluding tert-OH is 3. The lowest BCUT2D eigenvalue weighted by molar-refractivity contribution is -0.301. The van der Waals surface area contributed by atoms with E-state index in [1.807, 2.05) is 0 Å². The van der Waals surface area contributed by atoms with Crippen LogP contribution in [0.5, 0.6) is 0 Å². The SMILES string of the molecule is CC/C=C\C/C=C\C/C=C\C/C=C\C/C=C\CCCCCCCCCCCC(=O)OC(COCCCCCCCCCCCCCCCCCCCC)COC1OC(CO)C(O)C(OS(=O)(=O)O)C1O. The van der Waals surface area contributed by atoms with Crippen molar-refractivity contribution in [3.05, 3.63) is 60.8 Å². The molecule has 6 atom stereocenters. The van der Waals surface area contributed by atoms with E-state index in [-0.39, 0.29) is 19.6 Å². The molecule has 1 heterocycles. The maximum Gasteiger partial charge on any atom is 0.397 e. The summed E-state index contributed by atoms with van der Waals surface area (Å²) in [7, 11) is -5.07. The van der Waals surface area contributed by atoms with E-state index in [1.54, 1.807) is 0 Å². The zero-order chi connectivity index (χ0) is 51.0. The Morgan fingerprint density at radius 2 is 0.986 bits per heavy atom. The molecule has 0 amide bonds. The Kier molecular flexibility index (Phi) is 44.9. The van der Waals surface area contributed by atoms with E-state index in [1.165, 1.54) is 128 Å². The zero-order valence-corrected chi connectivity index (χ0v) is 44.9. The van der Waals surface area contributed by atoms with Crippen molar-refractivity contribution in [3.63, 3.8) is 0 Å². The van der Waals surface area contributed by atoms with Crippen molar-refractivity contribution in [2.45, 2.75) is 269 Å². The molecule has 4 N–H and O–H groups in total. The molecular weight excluding hydrogens is 909 g/mol. The first-order valence-corrected chi connectivity index (χ1v) is 29.4. The zero-order valence-electron chi connectivity index (χ0n) is 44.1. The Morgan fingerprint density at radius 3 is 1.44 bits per heavy atom. The van der Waals surface area contributed by atoms with Gasteiger partial charge in [-0.05, 0) is 57.8 Å². The van der Waals surface area contributed by atoms with Gasteiger partial charge in [0, 0.05) is 13.0 Å². The van der Waals surface area contributed by atoms with Gasteiger partial charge in [-0.2, -0.15) is 8.42 Å². The van der Waals surface area contributed by atoms with Gasteiger partial charge in [0.15, 0.2) is 6.29 Å². The van der Waals surface area contributed by atoms with Crippen LogP contribution in [-0.4, -0.2) is 97.5 Å². The molecule has 0 radical (unpaired) electrons. The minimum atomic E-state index is -5.07. The average Bonchev–Trinajstić information content (AvgIpc) is 3.34. The first-order chi connectivity index (χ1) is 34.1. The predicted octanol–water partition coefficient (Wildman–Crippen LogP) is 13.6. The standard InChI is InChI=1S/C57H102O12S/c1-3-5-7-9-11-13-15-17-19-21-23-24-25-26-27-28-29-30-32-34-36-38-40-42-44-46-53(59)67-51(50-66-57-55(61)56(69-70(62,63)64)54(60)52(48-58)68-57)49-65-47-45-43-41-39-37-35-33-31-22-20-18-16-14-12-10-8-6-4-2/h5,7,11,13,17,19,23-24,26-27,51-52,54-58,60-61H,3-4,6,8-10,12,14-16,18,20-22,25,28-50H2,1-2H3,(H,62,63,64)/b7-5-,13-11-,19-17-,24-23-,27-26-. The minimum absolute atomic E-state index is 0.0346. The van der Waals surface area contributed by atoms with E-state index in [2.05, 4.69) is 78.8 Å². The number of allylic oxidation sites excluding steroid dienone is 10. The monoisotopic (exact) mass is 1010 g/mol. The van der Waals surface area contributed by atoms with Crippen LogP contribution in [0.15, 0.2) is 60.8 Å². The number of aliphatic hydroxyl groups is 3. The number of ether oxygens (including phenoxy) is 4. The number of carbonyl (C=O) groups is 1. The number of hydrogen-bond acceptors (Lipinski definition) is 11. The highest BCUT2D eigenvalue weighted by Gasteiger charge is 2.48. The summed E-state index contributed by atoms with van der Waals surface area (Å²) >= 11 is 0. The maximum atomic E-state index is 13.0. The van der Waals surface area contributed by atoms with Crippen LogP contribution in [0.3, 0.4) is 0 Å². The topological polar surface area (TPSA) is 178 Å². The van der Waals surface area contributed by atoms with Crippen LogP contribution in [0, 0.1) is 0 Å². The summed E-state index contributed by atoms with van der Waals surface area (Å²) in [6, 6.07) is 0. The van der Waals surface area contributed by atoms with Crippen molar-refractivity contribution >= 4 is 16.4 Å². The Hall–Kier alpha value is -2.20. The number of rotatable bonds is 49. The molecule has 70 heavy (non-hydrogen) atoms. The molecule has 1 saturated heterocycles. The third kappa shape index (κ3) is 40.3. The summed E-state index contributed by atoms with van der Waals surface area (Å²) in [5, 5.41) is 30.8. The highest BCUT2D eigenvalue weighted by atomic mass is 32.3. The Balaban J connectivity index is 2.31. The van der Waals surface area contributed by atoms with Crippen LogP contribution in [0.1, 0.15) is 232 Å². The van der Waals surface area contributed by atoms with E-state index in [4.69, 9.17) is 18.9 Å². The largest absolute Gasteiger partial charge is 0.457 e. The lowest BCUT2D eigenvalue weighted by Gasteiger charge is -2.41. The summed E-state index contributed by atoms with van der Waals surface area (Å²) in [5.41, 5.74) is 0. The molecule has 0 aromatic carbocycles. The number of unbranched alkanes of at least 4 members (excludes halogenated alkanes) is 26. The quantitative estimate of drug-likeness (QED) is 0.0196. The van der Waals surface area contributed by atoms with Gasteiger partial charge in [-0.3, -0.25) is 9.35 Å². The maximum absolute atomic E-state index is 13.0. The van der Waals surface area contributed by atoms with Crippen LogP contribution < -0.4 is 0 Å². The first-order valence-electron chi connectivity index (χ1n) is 28.0. The summed E-state index contributed by atoms with van der Waals surface area (Å²) in [6.45, 7) is 3.91. The predicted molar refractivity (Wildman–Crippen MR) is 285 cm³/mol. The van der Waals surface area contributed by atoms with E-state index in [0.29, 0.717) is 13.0 Å². The lowest BCUT2D eigenvalue weighted by Crippen LogP contribution is -2.60. The number of esters is 1. The summed E-state index contributed by atoms with van der Waals surface area (Å²) in [5.74, 6) is -0.403. The van der Waals surface area contributed by atoms with Gasteiger partial charge in [0.05, 0.1) is 19.8 Å². The fourth-order valence-corrected chi connectivity index (χ4v) is 8.97. The average molecular weight is 1010 g/mol. The van der Waals surface area contributed by atoms with Gasteiger partial charge in [0.1, 0.15) is 30.5 Å². The van der Waals surface area contributed by atoms with Crippen LogP contribution in [-0.2, 0) is 38.3 Å². The molecule has 6 unspecified atom stereocenters. The fourth-order valence-electron chi connectivity index (χ4n) is 8.47. The van der Waals surface area contributed by atoms with Gasteiger partial charge in [-0.1, -0.05) is 229 Å². The van der Waals surface area contributed by atoms with E-state index in [0.717, 1.165) is 77.0 Å². The second-order valence-electron chi connectivity index (χ2n) is 19.2. The lowest BCUT2D eigenvalue weighted by atomic mass is 9.99. The van der Waals surface area contributed by atoms with Gasteiger partial charge >= 0.3 is 16.4 Å². The minimum Gasteiger partial charge on any atom is -0.457 e. The highest BCUT2D eigenvalue weighted by Crippen LogP contribution is 2.26. The van der Waals surface area contributed by atoms with E-state index >= 15 is 0 Å². The number of carbonyl (C=O) groups excluding carboxylic acids is 1. The summed E-state index contributed by atoms with van der Waals surface area (Å²) < 4.78 is 59.4. The van der Waals surface area contributed by atoms with Crippen LogP contribution in [0.4, 0.5) is 0 Å². The molecule has 0 spiro atoms. The van der Waals surface area contributed by atoms with Crippen molar-refractivity contribution in [1.82, 2.24) is 0 Å². The molecule has 0 bridgehead atoms. The third-order valence-electron chi connectivity index (χ3n) is 12.7. The van der Waals surface area contributed by atoms with Gasteiger partial charge in [0.2, 0.25) is 0 Å². The molecule has 1 fully saturated rings. The fraction of sp³-hybridized carbons (Fsp3) is 0.807. The Bertz CT molecular complexity index is 1450. The normalized spacial score (nSPS) is 19.5. The van der Waals surface area contributed by atoms with Gasteiger partial charge < -0.3 is 34.3 Å². The van der Waals surface area contributed by atoms with Gasteiger partial charge in [-0.25, -0.2) is 4.18 Å². The Labute approximate surface area is 427 Å². The molecule has 0 saturated carbocycles. The molecular formula is C57H102O12S. The van der Waals surface area contributed by atoms with Gasteiger partial charge in [-0.15, -0.1) is 0 Å². The van der Waals surface area contributed by atoms with Crippen LogP contribution >= 0.6 is 0 Å². The van der Waals surface area contributed by atoms with Crippen molar-refractivity contribution in [2.75, 3.05) is 26.4 Å². The molecule has 1 aliphatic heterocycles. The highest BCUT2D eigenvalue weighted by molar-refractivity contribution is 7.80. The Morgan fingerprint density at radius 1 is 0.557 bits per heavy atom. The van der Waals surface area contributed by atoms with Crippen LogP contribution in [0.2, 0.25) is 0 Å². The van der Waals surface area contributed by atoms with Crippen molar-refractivity contribution in [3.8, 4) is 0 Å². The van der Waals surface area contributed by atoms with Crippen molar-refractivity contribution < 1.29 is 56.2 Å². The van der Waals surface area contributed by atoms with E-state index in [9.17, 15) is 33.1 Å². The molecule has 0 aromatic heterocycles. The molecule has 13 heteroatoms. The summed E-state index contributed by atoms with van der Waals surface area (Å²) in [4.78, 5) is 13.0. The molecule has 12 nitrogen and oxygen atoms in total. The smallest absolute Gasteiger partial charge is 0.397 e. The first kappa shape index (κ1) is 65.8. The molecule has 0 aromatic rings. The summed E-state index contributed by atoms with van der Waals surface area (Å²) in [6.07, 6.45) is 52.5. The molecule has 1 aliphatic rings. The molecule has 408 valence electrons. The number of hydrogen-bond donors (Lipinski definition) is 4. The van der Waals surface area contributed by atoms with Crippen molar-refractivity contribution in [1.29, 1.82) is 0 Å². The molecule has 1 rings (SSSR count). The van der Waals surface area contributed by atoms with E-state index < -0.39 is 59.8 Å². The second kappa shape index (κ2) is 47.8. The second-order valence-corrected chi connectivity index (χ2v) is 20.2.